The maximum Gasteiger partial charge on any atom is 0.319 e. The van der Waals surface area contributed by atoms with Crippen LogP contribution in [0.3, 0.4) is 0 Å². The minimum Gasteiger partial charge on any atom is -0.463 e. The highest BCUT2D eigenvalue weighted by Gasteiger charge is 2.47. The molecule has 0 spiro atoms. The number of benzene rings is 2. The van der Waals surface area contributed by atoms with Gasteiger partial charge in [-0.05, 0) is 43.4 Å². The standard InChI is InChI=1S/C32H31ClF3N7O2S/c33-20-7-18-27(26(36)25(20)17-3-4-21(34)28-24(17)19(8-37)29(38)46-28)40-31(41-30(18)43-9-15-1-2-16(10-43)39-15)45-14-32(5-6-32)13-42-11-22(35)23(44)12-42/h3-4,7,15-16,22-23,39,44H,1-2,5-6,9-14,38H2/t15?,16?,22-,23+/m0/s1. The van der Waals surface area contributed by atoms with E-state index in [2.05, 4.69) is 15.2 Å². The highest BCUT2D eigenvalue weighted by atomic mass is 35.5. The molecule has 2 bridgehead atoms. The molecule has 4 atom stereocenters. The van der Waals surface area contributed by atoms with Crippen LogP contribution in [0.15, 0.2) is 18.2 Å². The summed E-state index contributed by atoms with van der Waals surface area (Å²) in [4.78, 5) is 13.4. The van der Waals surface area contributed by atoms with Crippen LogP contribution in [-0.2, 0) is 0 Å². The molecule has 2 unspecified atom stereocenters. The number of halogens is 4. The van der Waals surface area contributed by atoms with Gasteiger partial charge < -0.3 is 25.8 Å². The molecule has 3 saturated heterocycles. The van der Waals surface area contributed by atoms with Crippen molar-refractivity contribution >= 4 is 54.7 Å². The first-order valence-corrected chi connectivity index (χ1v) is 16.6. The number of aliphatic hydroxyl groups excluding tert-OH is 1. The Balaban J connectivity index is 1.22. The largest absolute Gasteiger partial charge is 0.463 e. The number of likely N-dealkylation sites (tertiary alicyclic amines) is 1. The number of alkyl halides is 1. The zero-order valence-corrected chi connectivity index (χ0v) is 26.3. The molecule has 3 aliphatic heterocycles. The fraction of sp³-hybridized carbons (Fsp3) is 0.469. The lowest BCUT2D eigenvalue weighted by Gasteiger charge is -2.34. The molecule has 1 aliphatic carbocycles. The molecule has 8 rings (SSSR count). The molecule has 1 saturated carbocycles. The maximum absolute atomic E-state index is 16.9. The Morgan fingerprint density at radius 3 is 2.61 bits per heavy atom. The monoisotopic (exact) mass is 669 g/mol. The number of fused-ring (bicyclic) bond motifs is 4. The van der Waals surface area contributed by atoms with Gasteiger partial charge >= 0.3 is 6.01 Å². The fourth-order valence-corrected chi connectivity index (χ4v) is 8.60. The summed E-state index contributed by atoms with van der Waals surface area (Å²) in [6.45, 7) is 2.64. The van der Waals surface area contributed by atoms with Crippen LogP contribution in [0.5, 0.6) is 6.01 Å². The second kappa shape index (κ2) is 11.1. The molecule has 4 aliphatic rings. The zero-order chi connectivity index (χ0) is 31.9. The van der Waals surface area contributed by atoms with Gasteiger partial charge in [-0.1, -0.05) is 17.7 Å². The second-order valence-corrected chi connectivity index (χ2v) is 14.6. The molecule has 46 heavy (non-hydrogen) atoms. The molecule has 5 heterocycles. The quantitative estimate of drug-likeness (QED) is 0.249. The Morgan fingerprint density at radius 1 is 1.17 bits per heavy atom. The molecule has 2 aromatic heterocycles. The lowest BCUT2D eigenvalue weighted by atomic mass is 9.97. The van der Waals surface area contributed by atoms with E-state index in [1.54, 1.807) is 6.07 Å². The minimum atomic E-state index is -1.27. The molecule has 9 nitrogen and oxygen atoms in total. The van der Waals surface area contributed by atoms with Crippen molar-refractivity contribution in [3.63, 3.8) is 0 Å². The highest BCUT2D eigenvalue weighted by molar-refractivity contribution is 7.23. The number of rotatable bonds is 7. The maximum atomic E-state index is 16.9. The van der Waals surface area contributed by atoms with Crippen molar-refractivity contribution < 1.29 is 23.0 Å². The van der Waals surface area contributed by atoms with Crippen molar-refractivity contribution in [3.8, 4) is 23.2 Å². The molecule has 14 heteroatoms. The van der Waals surface area contributed by atoms with Crippen molar-refractivity contribution in [3.05, 3.63) is 40.4 Å². The SMILES string of the molecule is N#Cc1c(N)sc2c(F)ccc(-c3c(Cl)cc4c(N5CC6CCC(C5)N6)nc(OCC5(CN6C[C@@H](O)[C@@H](F)C6)CC5)nc4c3F)c12. The molecular weight excluding hydrogens is 639 g/mol. The van der Waals surface area contributed by atoms with Crippen molar-refractivity contribution in [1.29, 1.82) is 5.26 Å². The normalized spacial score (nSPS) is 25.4. The van der Waals surface area contributed by atoms with Gasteiger partial charge in [0, 0.05) is 66.6 Å². The van der Waals surface area contributed by atoms with Gasteiger partial charge in [0.2, 0.25) is 0 Å². The lowest BCUT2D eigenvalue weighted by molar-refractivity contribution is 0.113. The summed E-state index contributed by atoms with van der Waals surface area (Å²) in [5.41, 5.74) is 6.11. The van der Waals surface area contributed by atoms with Crippen molar-refractivity contribution in [2.24, 2.45) is 5.41 Å². The summed E-state index contributed by atoms with van der Waals surface area (Å²) in [5.74, 6) is -0.792. The molecule has 0 amide bonds. The van der Waals surface area contributed by atoms with Gasteiger partial charge in [-0.25, -0.2) is 13.2 Å². The Kier molecular flexibility index (Phi) is 7.22. The summed E-state index contributed by atoms with van der Waals surface area (Å²) in [5, 5.41) is 24.1. The number of ether oxygens (including phenoxy) is 1. The zero-order valence-electron chi connectivity index (χ0n) is 24.7. The number of nitrogen functional groups attached to an aromatic ring is 1. The number of nitrogens with zero attached hydrogens (tertiary/aromatic N) is 5. The van der Waals surface area contributed by atoms with E-state index in [9.17, 15) is 19.1 Å². The Hall–Kier alpha value is -3.41. The van der Waals surface area contributed by atoms with Crippen LogP contribution in [0.25, 0.3) is 32.1 Å². The molecular formula is C32H31ClF3N7O2S. The highest BCUT2D eigenvalue weighted by Crippen LogP contribution is 2.48. The van der Waals surface area contributed by atoms with Crippen molar-refractivity contribution in [1.82, 2.24) is 20.2 Å². The molecule has 4 fully saturated rings. The van der Waals surface area contributed by atoms with E-state index in [0.717, 1.165) is 37.0 Å². The summed E-state index contributed by atoms with van der Waals surface area (Å²) in [7, 11) is 0. The average Bonchev–Trinajstić information content (AvgIpc) is 3.43. The summed E-state index contributed by atoms with van der Waals surface area (Å²) in [6, 6.07) is 6.84. The Bertz CT molecular complexity index is 1910. The Labute approximate surface area is 271 Å². The van der Waals surface area contributed by atoms with Crippen molar-refractivity contribution in [2.75, 3.05) is 50.0 Å². The summed E-state index contributed by atoms with van der Waals surface area (Å²) in [6.07, 6.45) is 1.56. The molecule has 4 N–H and O–H groups in total. The van der Waals surface area contributed by atoms with Gasteiger partial charge in [-0.2, -0.15) is 15.2 Å². The van der Waals surface area contributed by atoms with Crippen molar-refractivity contribution in [2.45, 2.75) is 50.0 Å². The van der Waals surface area contributed by atoms with Crippen LogP contribution in [0.2, 0.25) is 5.02 Å². The fourth-order valence-electron chi connectivity index (χ4n) is 7.36. The third-order valence-corrected chi connectivity index (χ3v) is 11.2. The number of aliphatic hydroxyl groups is 1. The topological polar surface area (TPSA) is 124 Å². The number of nitrogens with one attached hydrogen (secondary N) is 1. The Morgan fingerprint density at radius 2 is 1.93 bits per heavy atom. The van der Waals surface area contributed by atoms with E-state index in [1.807, 2.05) is 11.0 Å². The minimum absolute atomic E-state index is 0.00255. The lowest BCUT2D eigenvalue weighted by Crippen LogP contribution is -2.51. The van der Waals surface area contributed by atoms with Gasteiger partial charge in [0.1, 0.15) is 34.4 Å². The number of nitriles is 1. The third kappa shape index (κ3) is 5.02. The first-order chi connectivity index (χ1) is 22.1. The first kappa shape index (κ1) is 30.0. The van der Waals surface area contributed by atoms with E-state index < -0.39 is 23.9 Å². The predicted molar refractivity (Wildman–Crippen MR) is 171 cm³/mol. The smallest absolute Gasteiger partial charge is 0.319 e. The van der Waals surface area contributed by atoms with E-state index in [4.69, 9.17) is 27.1 Å². The summed E-state index contributed by atoms with van der Waals surface area (Å²) >= 11 is 7.75. The number of piperazine rings is 1. The molecule has 240 valence electrons. The van der Waals surface area contributed by atoms with Crippen LogP contribution < -0.4 is 20.7 Å². The van der Waals surface area contributed by atoms with E-state index in [1.165, 1.54) is 12.1 Å². The van der Waals surface area contributed by atoms with Crippen LogP contribution in [0.4, 0.5) is 24.0 Å². The first-order valence-electron chi connectivity index (χ1n) is 15.4. The molecule has 2 aromatic carbocycles. The van der Waals surface area contributed by atoms with E-state index in [0.29, 0.717) is 30.8 Å². The van der Waals surface area contributed by atoms with Crippen LogP contribution in [0.1, 0.15) is 31.2 Å². The number of hydrogen-bond acceptors (Lipinski definition) is 10. The average molecular weight is 670 g/mol. The van der Waals surface area contributed by atoms with Gasteiger partial charge in [0.25, 0.3) is 0 Å². The third-order valence-electron chi connectivity index (χ3n) is 9.88. The van der Waals surface area contributed by atoms with Gasteiger partial charge in [0.05, 0.1) is 28.0 Å². The van der Waals surface area contributed by atoms with Crippen LogP contribution >= 0.6 is 22.9 Å². The van der Waals surface area contributed by atoms with Gasteiger partial charge in [-0.3, -0.25) is 4.90 Å². The molecule has 4 aromatic rings. The second-order valence-electron chi connectivity index (χ2n) is 13.1. The van der Waals surface area contributed by atoms with Gasteiger partial charge in [-0.15, -0.1) is 11.3 Å². The molecule has 0 radical (unpaired) electrons. The van der Waals surface area contributed by atoms with E-state index >= 15 is 4.39 Å². The van der Waals surface area contributed by atoms with Crippen LogP contribution in [-0.4, -0.2) is 83.7 Å². The number of anilines is 2. The number of β-amino-alcohol motifs (C(OH)–C–C–N with tert-alkyl or cyclic N) is 1. The number of hydrogen-bond donors (Lipinski definition) is 3. The number of nitrogens with two attached hydrogens (primary N) is 1. The number of aromatic nitrogens is 2. The van der Waals surface area contributed by atoms with E-state index in [-0.39, 0.29) is 85.5 Å². The van der Waals surface area contributed by atoms with Gasteiger partial charge in [0.15, 0.2) is 5.82 Å². The van der Waals surface area contributed by atoms with Crippen LogP contribution in [0, 0.1) is 28.4 Å². The predicted octanol–water partition coefficient (Wildman–Crippen LogP) is 5.01. The number of thiophene rings is 1. The summed E-state index contributed by atoms with van der Waals surface area (Å²) < 4.78 is 52.0.